The Labute approximate surface area is 181 Å². The molecule has 1 heterocycles. The molecule has 0 fully saturated rings. The quantitative estimate of drug-likeness (QED) is 0.668. The van der Waals surface area contributed by atoms with E-state index in [1.807, 2.05) is 6.92 Å². The van der Waals surface area contributed by atoms with Gasteiger partial charge in [-0.25, -0.2) is 8.42 Å². The van der Waals surface area contributed by atoms with Gasteiger partial charge in [0.15, 0.2) is 6.10 Å². The summed E-state index contributed by atoms with van der Waals surface area (Å²) in [4.78, 5) is 25.4. The summed E-state index contributed by atoms with van der Waals surface area (Å²) in [5, 5.41) is 5.42. The summed E-state index contributed by atoms with van der Waals surface area (Å²) in [6, 6.07) is 11.8. The van der Waals surface area contributed by atoms with Crippen LogP contribution in [-0.2, 0) is 14.8 Å². The van der Waals surface area contributed by atoms with E-state index < -0.39 is 22.0 Å². The fourth-order valence-corrected chi connectivity index (χ4v) is 4.22. The molecule has 2 N–H and O–H groups in total. The highest BCUT2D eigenvalue weighted by atomic mass is 32.2. The molecule has 31 heavy (non-hydrogen) atoms. The molecule has 3 rings (SSSR count). The highest BCUT2D eigenvalue weighted by Gasteiger charge is 2.31. The van der Waals surface area contributed by atoms with Crippen molar-refractivity contribution in [3.63, 3.8) is 0 Å². The molecule has 1 aliphatic rings. The number of aryl methyl sites for hydroxylation is 1. The van der Waals surface area contributed by atoms with Crippen molar-refractivity contribution < 1.29 is 22.7 Å². The van der Waals surface area contributed by atoms with E-state index in [9.17, 15) is 18.0 Å². The van der Waals surface area contributed by atoms with Gasteiger partial charge >= 0.3 is 0 Å². The summed E-state index contributed by atoms with van der Waals surface area (Å²) in [6.07, 6.45) is 1.90. The van der Waals surface area contributed by atoms with Gasteiger partial charge in [-0.05, 0) is 36.8 Å². The molecule has 164 valence electrons. The predicted octanol–water partition coefficient (Wildman–Crippen LogP) is 2.47. The van der Waals surface area contributed by atoms with Crippen LogP contribution in [0.4, 0.5) is 11.4 Å². The first-order chi connectivity index (χ1) is 14.7. The second kappa shape index (κ2) is 9.22. The van der Waals surface area contributed by atoms with Crippen LogP contribution in [0.25, 0.3) is 0 Å². The highest BCUT2D eigenvalue weighted by molar-refractivity contribution is 7.92. The van der Waals surface area contributed by atoms with Crippen molar-refractivity contribution in [1.29, 1.82) is 0 Å². The zero-order chi connectivity index (χ0) is 22.6. The smallest absolute Gasteiger partial charge is 0.265 e. The van der Waals surface area contributed by atoms with Crippen molar-refractivity contribution in [2.75, 3.05) is 29.0 Å². The zero-order valence-electron chi connectivity index (χ0n) is 17.4. The van der Waals surface area contributed by atoms with Gasteiger partial charge in [0.2, 0.25) is 10.0 Å². The maximum Gasteiger partial charge on any atom is 0.265 e. The number of sulfonamides is 1. The summed E-state index contributed by atoms with van der Waals surface area (Å²) in [7, 11) is -3.55. The normalized spacial score (nSPS) is 15.8. The van der Waals surface area contributed by atoms with Crippen LogP contribution in [0, 0.1) is 6.92 Å². The van der Waals surface area contributed by atoms with Crippen molar-refractivity contribution in [1.82, 2.24) is 5.32 Å². The summed E-state index contributed by atoms with van der Waals surface area (Å²) in [5.74, 6) is -0.502. The first-order valence-corrected chi connectivity index (χ1v) is 11.6. The Morgan fingerprint density at radius 1 is 1.26 bits per heavy atom. The molecule has 2 amide bonds. The number of nitrogens with one attached hydrogen (secondary N) is 2. The first kappa shape index (κ1) is 22.4. The van der Waals surface area contributed by atoms with E-state index in [0.717, 1.165) is 11.8 Å². The molecule has 1 aliphatic heterocycles. The van der Waals surface area contributed by atoms with E-state index in [4.69, 9.17) is 4.74 Å². The second-order valence-electron chi connectivity index (χ2n) is 7.24. The number of fused-ring (bicyclic) bond motifs is 1. The number of carbonyl (C=O) groups excluding carboxylic acids is 2. The van der Waals surface area contributed by atoms with Crippen LogP contribution >= 0.6 is 0 Å². The molecule has 0 bridgehead atoms. The number of nitrogens with zero attached hydrogens (tertiary/aromatic N) is 1. The highest BCUT2D eigenvalue weighted by Crippen LogP contribution is 2.35. The van der Waals surface area contributed by atoms with Crippen molar-refractivity contribution in [2.24, 2.45) is 0 Å². The topological polar surface area (TPSA) is 105 Å². The fraction of sp³-hybridized carbons (Fsp3) is 0.273. The minimum atomic E-state index is -3.55. The number of benzene rings is 2. The van der Waals surface area contributed by atoms with Crippen molar-refractivity contribution in [3.8, 4) is 5.75 Å². The lowest BCUT2D eigenvalue weighted by Gasteiger charge is -2.21. The van der Waals surface area contributed by atoms with E-state index >= 15 is 0 Å². The molecule has 1 atom stereocenters. The lowest BCUT2D eigenvalue weighted by molar-refractivity contribution is -0.122. The van der Waals surface area contributed by atoms with E-state index in [-0.39, 0.29) is 18.9 Å². The average molecular weight is 444 g/mol. The van der Waals surface area contributed by atoms with Crippen LogP contribution in [-0.4, -0.2) is 45.7 Å². The number of ether oxygens (including phenoxy) is 1. The Bertz CT molecular complexity index is 1110. The number of para-hydroxylation sites is 1. The lowest BCUT2D eigenvalue weighted by Crippen LogP contribution is -2.36. The van der Waals surface area contributed by atoms with Gasteiger partial charge in [0.05, 0.1) is 23.2 Å². The molecule has 1 unspecified atom stereocenters. The van der Waals surface area contributed by atoms with E-state index in [1.54, 1.807) is 48.5 Å². The minimum absolute atomic E-state index is 0.0921. The number of carbonyl (C=O) groups is 2. The maximum atomic E-state index is 13.0. The minimum Gasteiger partial charge on any atom is -0.478 e. The van der Waals surface area contributed by atoms with Crippen molar-refractivity contribution in [3.05, 3.63) is 66.2 Å². The third-order valence-corrected chi connectivity index (χ3v) is 5.96. The first-order valence-electron chi connectivity index (χ1n) is 9.74. The van der Waals surface area contributed by atoms with E-state index in [2.05, 4.69) is 17.2 Å². The molecule has 2 aromatic carbocycles. The molecule has 0 aliphatic carbocycles. The monoisotopic (exact) mass is 443 g/mol. The molecule has 0 saturated heterocycles. The van der Waals surface area contributed by atoms with E-state index in [0.29, 0.717) is 29.2 Å². The van der Waals surface area contributed by atoms with Crippen LogP contribution in [0.1, 0.15) is 22.3 Å². The second-order valence-corrected chi connectivity index (χ2v) is 9.14. The molecule has 0 saturated carbocycles. The molecule has 0 spiro atoms. The Morgan fingerprint density at radius 2 is 2.00 bits per heavy atom. The lowest BCUT2D eigenvalue weighted by atomic mass is 10.1. The van der Waals surface area contributed by atoms with Crippen molar-refractivity contribution >= 4 is 33.2 Å². The summed E-state index contributed by atoms with van der Waals surface area (Å²) in [6.45, 7) is 5.81. The van der Waals surface area contributed by atoms with Gasteiger partial charge in [-0.1, -0.05) is 24.3 Å². The largest absolute Gasteiger partial charge is 0.478 e. The Kier molecular flexibility index (Phi) is 6.65. The van der Waals surface area contributed by atoms with Crippen LogP contribution < -0.4 is 19.7 Å². The average Bonchev–Trinajstić information content (AvgIpc) is 2.91. The molecule has 0 aromatic heterocycles. The van der Waals surface area contributed by atoms with Crippen LogP contribution in [0.15, 0.2) is 55.1 Å². The number of amides is 2. The van der Waals surface area contributed by atoms with Gasteiger partial charge < -0.3 is 15.4 Å². The Hall–Kier alpha value is -3.33. The molecule has 8 nitrogen and oxygen atoms in total. The molecular weight excluding hydrogens is 418 g/mol. The zero-order valence-corrected chi connectivity index (χ0v) is 18.2. The third kappa shape index (κ3) is 5.24. The van der Waals surface area contributed by atoms with E-state index in [1.165, 1.54) is 4.31 Å². The molecule has 2 aromatic rings. The van der Waals surface area contributed by atoms with Crippen LogP contribution in [0.2, 0.25) is 0 Å². The number of anilines is 2. The van der Waals surface area contributed by atoms with Gasteiger partial charge in [-0.2, -0.15) is 0 Å². The van der Waals surface area contributed by atoms with Gasteiger partial charge in [-0.15, -0.1) is 6.58 Å². The maximum absolute atomic E-state index is 13.0. The summed E-state index contributed by atoms with van der Waals surface area (Å²) >= 11 is 0. The van der Waals surface area contributed by atoms with Gasteiger partial charge in [0.1, 0.15) is 5.75 Å². The number of hydrogen-bond acceptors (Lipinski definition) is 5. The van der Waals surface area contributed by atoms with Gasteiger partial charge in [-0.3, -0.25) is 13.9 Å². The predicted molar refractivity (Wildman–Crippen MR) is 120 cm³/mol. The summed E-state index contributed by atoms with van der Waals surface area (Å²) < 4.78 is 31.8. The van der Waals surface area contributed by atoms with Crippen LogP contribution in [0.5, 0.6) is 5.75 Å². The van der Waals surface area contributed by atoms with Crippen molar-refractivity contribution in [2.45, 2.75) is 19.4 Å². The molecule has 0 radical (unpaired) electrons. The van der Waals surface area contributed by atoms with Crippen LogP contribution in [0.3, 0.4) is 0 Å². The fourth-order valence-electron chi connectivity index (χ4n) is 3.28. The Balaban J connectivity index is 1.85. The molecule has 9 heteroatoms. The van der Waals surface area contributed by atoms with Gasteiger partial charge in [0, 0.05) is 19.5 Å². The summed E-state index contributed by atoms with van der Waals surface area (Å²) in [5.41, 5.74) is 1.92. The van der Waals surface area contributed by atoms with Gasteiger partial charge in [0.25, 0.3) is 11.8 Å². The SMILES string of the molecule is C=CCNC(=O)c1ccccc1NC(=O)C1CCN(S(C)(=O)=O)c2cc(C)ccc2O1. The standard InChI is InChI=1S/C22H25N3O5S/c1-4-12-23-21(26)16-7-5-6-8-17(16)24-22(27)20-11-13-25(31(3,28)29)18-14-15(2)9-10-19(18)30-20/h4-10,14,20H,1,11-13H2,2-3H3,(H,23,26)(H,24,27). The molecular formula is C22H25N3O5S. The number of rotatable bonds is 6. The third-order valence-electron chi connectivity index (χ3n) is 4.78. The Morgan fingerprint density at radius 3 is 2.71 bits per heavy atom. The number of hydrogen-bond donors (Lipinski definition) is 2.